The lowest BCUT2D eigenvalue weighted by molar-refractivity contribution is -0.118. The zero-order valence-corrected chi connectivity index (χ0v) is 10.1. The molecule has 3 aliphatic rings. The highest BCUT2D eigenvalue weighted by Crippen LogP contribution is 2.69. The first kappa shape index (κ1) is 10.5. The quantitative estimate of drug-likeness (QED) is 0.852. The van der Waals surface area contributed by atoms with E-state index in [0.717, 1.165) is 11.8 Å². The van der Waals surface area contributed by atoms with E-state index in [2.05, 4.69) is 5.32 Å². The molecule has 1 amide bonds. The number of fused-ring (bicyclic) bond motifs is 5. The summed E-state index contributed by atoms with van der Waals surface area (Å²) in [7, 11) is 0. The number of amides is 1. The summed E-state index contributed by atoms with van der Waals surface area (Å²) in [5, 5.41) is 2.92. The molecule has 3 heteroatoms. The summed E-state index contributed by atoms with van der Waals surface area (Å²) < 4.78 is 12.8. The van der Waals surface area contributed by atoms with E-state index in [9.17, 15) is 9.18 Å². The predicted molar refractivity (Wildman–Crippen MR) is 66.3 cm³/mol. The Morgan fingerprint density at radius 3 is 2.33 bits per heavy atom. The smallest absolute Gasteiger partial charge is 0.228 e. The second-order valence-electron chi connectivity index (χ2n) is 6.01. The molecule has 4 rings (SSSR count). The van der Waals surface area contributed by atoms with Gasteiger partial charge in [0.1, 0.15) is 5.82 Å². The van der Waals surface area contributed by atoms with Crippen LogP contribution in [-0.2, 0) is 4.79 Å². The summed E-state index contributed by atoms with van der Waals surface area (Å²) in [6.45, 7) is 0. The molecule has 0 heterocycles. The van der Waals surface area contributed by atoms with Crippen molar-refractivity contribution in [3.05, 3.63) is 30.1 Å². The Morgan fingerprint density at radius 1 is 1.11 bits per heavy atom. The van der Waals surface area contributed by atoms with Gasteiger partial charge in [-0.3, -0.25) is 4.79 Å². The van der Waals surface area contributed by atoms with Crippen molar-refractivity contribution in [3.8, 4) is 0 Å². The van der Waals surface area contributed by atoms with Crippen LogP contribution < -0.4 is 5.32 Å². The first-order chi connectivity index (χ1) is 8.74. The molecular weight excluding hydrogens is 229 g/mol. The molecule has 0 saturated heterocycles. The van der Waals surface area contributed by atoms with Crippen LogP contribution in [0.1, 0.15) is 19.3 Å². The van der Waals surface area contributed by atoms with Crippen molar-refractivity contribution in [1.29, 1.82) is 0 Å². The van der Waals surface area contributed by atoms with E-state index in [1.165, 1.54) is 31.4 Å². The summed E-state index contributed by atoms with van der Waals surface area (Å²) in [5.74, 6) is 3.05. The Labute approximate surface area is 106 Å². The van der Waals surface area contributed by atoms with Crippen molar-refractivity contribution < 1.29 is 9.18 Å². The molecule has 0 spiro atoms. The lowest BCUT2D eigenvalue weighted by atomic mass is 10.0. The van der Waals surface area contributed by atoms with Crippen molar-refractivity contribution in [2.75, 3.05) is 5.32 Å². The van der Waals surface area contributed by atoms with Gasteiger partial charge in [0.2, 0.25) is 5.91 Å². The van der Waals surface area contributed by atoms with Crippen molar-refractivity contribution in [3.63, 3.8) is 0 Å². The van der Waals surface area contributed by atoms with E-state index in [4.69, 9.17) is 0 Å². The maximum Gasteiger partial charge on any atom is 0.228 e. The number of rotatable bonds is 2. The third kappa shape index (κ3) is 1.43. The van der Waals surface area contributed by atoms with Crippen LogP contribution in [0, 0.1) is 35.4 Å². The molecule has 0 aliphatic heterocycles. The van der Waals surface area contributed by atoms with Crippen LogP contribution in [0.25, 0.3) is 0 Å². The molecule has 18 heavy (non-hydrogen) atoms. The van der Waals surface area contributed by atoms with Gasteiger partial charge in [-0.05, 0) is 67.2 Å². The highest BCUT2D eigenvalue weighted by atomic mass is 19.1. The summed E-state index contributed by atoms with van der Waals surface area (Å²) in [4.78, 5) is 12.2. The number of hydrogen-bond acceptors (Lipinski definition) is 1. The Morgan fingerprint density at radius 2 is 1.72 bits per heavy atom. The summed E-state index contributed by atoms with van der Waals surface area (Å²) in [6.07, 6.45) is 4.01. The fraction of sp³-hybridized carbons (Fsp3) is 0.533. The molecule has 1 aromatic carbocycles. The zero-order chi connectivity index (χ0) is 12.3. The average Bonchev–Trinajstić information content (AvgIpc) is 2.82. The van der Waals surface area contributed by atoms with Gasteiger partial charge >= 0.3 is 0 Å². The van der Waals surface area contributed by atoms with Crippen LogP contribution in [0.2, 0.25) is 0 Å². The molecule has 2 nitrogen and oxygen atoms in total. The third-order valence-electron chi connectivity index (χ3n) is 5.15. The van der Waals surface area contributed by atoms with E-state index in [1.807, 2.05) is 0 Å². The molecule has 3 fully saturated rings. The largest absolute Gasteiger partial charge is 0.326 e. The van der Waals surface area contributed by atoms with Gasteiger partial charge in [-0.1, -0.05) is 0 Å². The van der Waals surface area contributed by atoms with Gasteiger partial charge in [-0.25, -0.2) is 4.39 Å². The Kier molecular flexibility index (Phi) is 2.08. The second kappa shape index (κ2) is 3.56. The van der Waals surface area contributed by atoms with Gasteiger partial charge in [0, 0.05) is 11.6 Å². The second-order valence-corrected chi connectivity index (χ2v) is 6.01. The van der Waals surface area contributed by atoms with Gasteiger partial charge in [0.25, 0.3) is 0 Å². The minimum Gasteiger partial charge on any atom is -0.326 e. The van der Waals surface area contributed by atoms with E-state index in [-0.39, 0.29) is 17.6 Å². The van der Waals surface area contributed by atoms with E-state index >= 15 is 0 Å². The molecule has 94 valence electrons. The standard InChI is InChI=1S/C15H16FNO/c16-10-3-5-11(6-4-10)17-15(18)14-12-8-1-2-9(7-8)13(12)14/h3-6,8-9,12-14H,1-2,7H2,(H,17,18)/t8-,9-,12+,13+/m1/s1. The lowest BCUT2D eigenvalue weighted by Crippen LogP contribution is -2.18. The number of hydrogen-bond donors (Lipinski definition) is 1. The van der Waals surface area contributed by atoms with Gasteiger partial charge in [0.05, 0.1) is 0 Å². The number of benzene rings is 1. The summed E-state index contributed by atoms with van der Waals surface area (Å²) in [5.41, 5.74) is 0.707. The van der Waals surface area contributed by atoms with Gasteiger partial charge in [-0.2, -0.15) is 0 Å². The molecule has 3 saturated carbocycles. The van der Waals surface area contributed by atoms with Crippen molar-refractivity contribution >= 4 is 11.6 Å². The predicted octanol–water partition coefficient (Wildman–Crippen LogP) is 3.06. The number of halogens is 1. The van der Waals surface area contributed by atoms with Crippen LogP contribution in [0.4, 0.5) is 10.1 Å². The highest BCUT2D eigenvalue weighted by Gasteiger charge is 2.67. The molecule has 1 aromatic rings. The van der Waals surface area contributed by atoms with Crippen LogP contribution in [0.3, 0.4) is 0 Å². The fourth-order valence-corrected chi connectivity index (χ4v) is 4.43. The Bertz CT molecular complexity index is 482. The minimum absolute atomic E-state index is 0.146. The molecule has 3 aliphatic carbocycles. The third-order valence-corrected chi connectivity index (χ3v) is 5.15. The summed E-state index contributed by atoms with van der Waals surface area (Å²) >= 11 is 0. The topological polar surface area (TPSA) is 29.1 Å². The van der Waals surface area contributed by atoms with Crippen LogP contribution in [0.15, 0.2) is 24.3 Å². The van der Waals surface area contributed by atoms with Crippen molar-refractivity contribution in [2.45, 2.75) is 19.3 Å². The molecule has 0 aromatic heterocycles. The normalized spacial score (nSPS) is 39.5. The number of anilines is 1. The Hall–Kier alpha value is -1.38. The molecular formula is C15H16FNO. The number of carbonyl (C=O) groups excluding carboxylic acids is 1. The number of nitrogens with one attached hydrogen (secondary N) is 1. The number of carbonyl (C=O) groups is 1. The minimum atomic E-state index is -0.269. The Balaban J connectivity index is 1.45. The van der Waals surface area contributed by atoms with Crippen molar-refractivity contribution in [1.82, 2.24) is 0 Å². The van der Waals surface area contributed by atoms with Gasteiger partial charge in [0.15, 0.2) is 0 Å². The van der Waals surface area contributed by atoms with Crippen LogP contribution >= 0.6 is 0 Å². The van der Waals surface area contributed by atoms with Gasteiger partial charge in [-0.15, -0.1) is 0 Å². The van der Waals surface area contributed by atoms with Crippen molar-refractivity contribution in [2.24, 2.45) is 29.6 Å². The molecule has 2 bridgehead atoms. The van der Waals surface area contributed by atoms with Crippen LogP contribution in [-0.4, -0.2) is 5.91 Å². The molecule has 1 N–H and O–H groups in total. The monoisotopic (exact) mass is 245 g/mol. The van der Waals surface area contributed by atoms with Crippen LogP contribution in [0.5, 0.6) is 0 Å². The molecule has 4 atom stereocenters. The zero-order valence-electron chi connectivity index (χ0n) is 10.1. The molecule has 0 radical (unpaired) electrons. The van der Waals surface area contributed by atoms with E-state index in [0.29, 0.717) is 17.5 Å². The van der Waals surface area contributed by atoms with E-state index < -0.39 is 0 Å². The average molecular weight is 245 g/mol. The maximum atomic E-state index is 12.8. The van der Waals surface area contributed by atoms with E-state index in [1.54, 1.807) is 12.1 Å². The van der Waals surface area contributed by atoms with Gasteiger partial charge < -0.3 is 5.32 Å². The first-order valence-corrected chi connectivity index (χ1v) is 6.80. The first-order valence-electron chi connectivity index (χ1n) is 6.80. The summed E-state index contributed by atoms with van der Waals surface area (Å²) in [6, 6.07) is 6.01. The lowest BCUT2D eigenvalue weighted by Gasteiger charge is -2.09. The SMILES string of the molecule is O=C(Nc1ccc(F)cc1)C1[C@H]2[C@@H]3CC[C@H](C3)[C@H]12. The highest BCUT2D eigenvalue weighted by molar-refractivity contribution is 5.95. The maximum absolute atomic E-state index is 12.8. The fourth-order valence-electron chi connectivity index (χ4n) is 4.43. The molecule has 0 unspecified atom stereocenters.